The maximum atomic E-state index is 5.21. The molecule has 1 rings (SSSR count). The van der Waals surface area contributed by atoms with Crippen LogP contribution in [0.15, 0.2) is 10.7 Å². The lowest BCUT2D eigenvalue weighted by Gasteiger charge is -1.67. The van der Waals surface area contributed by atoms with E-state index in [1.54, 1.807) is 6.07 Å². The molecule has 0 atom stereocenters. The zero-order chi connectivity index (χ0) is 5.28. The summed E-state index contributed by atoms with van der Waals surface area (Å²) in [5.74, 6) is 0.506. The number of hydrogen-bond acceptors (Lipinski definition) is 2. The predicted molar refractivity (Wildman–Crippen MR) is 37.9 cm³/mol. The molecule has 0 saturated heterocycles. The van der Waals surface area contributed by atoms with Crippen molar-refractivity contribution >= 4 is 34.2 Å². The fourth-order valence-corrected chi connectivity index (χ4v) is 0.636. The highest BCUT2D eigenvalue weighted by Crippen LogP contribution is 2.06. The van der Waals surface area contributed by atoms with Gasteiger partial charge < -0.3 is 5.73 Å². The van der Waals surface area contributed by atoms with E-state index in [9.17, 15) is 0 Å². The van der Waals surface area contributed by atoms with E-state index in [0.29, 0.717) is 5.82 Å². The normalized spacial score (nSPS) is 8.12. The van der Waals surface area contributed by atoms with Crippen molar-refractivity contribution in [2.75, 3.05) is 5.73 Å². The van der Waals surface area contributed by atoms with Crippen LogP contribution in [-0.4, -0.2) is 10.2 Å². The largest absolute Gasteiger partial charge is 0.382 e. The molecule has 0 aromatic carbocycles. The lowest BCUT2D eigenvalue weighted by Crippen LogP contribution is -1.81. The number of nitrogens with one attached hydrogen (secondary N) is 1. The van der Waals surface area contributed by atoms with Gasteiger partial charge in [0.1, 0.15) is 10.4 Å². The fourth-order valence-electron chi connectivity index (χ4n) is 0.312. The molecule has 3 nitrogen and oxygen atoms in total. The molecular weight excluding hydrogens is 193 g/mol. The van der Waals surface area contributed by atoms with Gasteiger partial charge in [-0.05, 0) is 15.9 Å². The van der Waals surface area contributed by atoms with Crippen LogP contribution >= 0.6 is 28.3 Å². The Hall–Kier alpha value is -0.220. The number of rotatable bonds is 0. The summed E-state index contributed by atoms with van der Waals surface area (Å²) in [6, 6.07) is 1.69. The molecule has 0 amide bonds. The van der Waals surface area contributed by atoms with Crippen LogP contribution in [0.4, 0.5) is 5.82 Å². The number of H-pyrrole nitrogens is 1. The first kappa shape index (κ1) is 7.78. The van der Waals surface area contributed by atoms with Crippen molar-refractivity contribution in [1.82, 2.24) is 10.2 Å². The molecular formula is C3H5BrClN3. The summed E-state index contributed by atoms with van der Waals surface area (Å²) >= 11 is 3.13. The Morgan fingerprint density at radius 2 is 2.38 bits per heavy atom. The Balaban J connectivity index is 0.000000490. The summed E-state index contributed by atoms with van der Waals surface area (Å²) in [6.45, 7) is 0. The molecule has 0 saturated carbocycles. The molecule has 1 aromatic heterocycles. The molecule has 0 aliphatic carbocycles. The van der Waals surface area contributed by atoms with Gasteiger partial charge in [0.15, 0.2) is 0 Å². The number of aromatic amines is 1. The molecule has 0 spiro atoms. The highest BCUT2D eigenvalue weighted by atomic mass is 79.9. The van der Waals surface area contributed by atoms with E-state index < -0.39 is 0 Å². The van der Waals surface area contributed by atoms with Gasteiger partial charge in [-0.3, -0.25) is 5.10 Å². The maximum absolute atomic E-state index is 5.21. The van der Waals surface area contributed by atoms with Gasteiger partial charge >= 0.3 is 0 Å². The summed E-state index contributed by atoms with van der Waals surface area (Å²) in [4.78, 5) is 0. The van der Waals surface area contributed by atoms with Crippen LogP contribution in [0.25, 0.3) is 0 Å². The molecule has 0 bridgehead atoms. The molecule has 3 N–H and O–H groups in total. The Kier molecular flexibility index (Phi) is 2.86. The van der Waals surface area contributed by atoms with E-state index in [-0.39, 0.29) is 12.4 Å². The Bertz CT molecular complexity index is 147. The second kappa shape index (κ2) is 2.94. The standard InChI is InChI=1S/C3H4BrN3.ClH/c4-2-1-3(5)7-6-2;/h1H,(H3,5,6,7);1H. The Morgan fingerprint density at radius 1 is 1.75 bits per heavy atom. The SMILES string of the molecule is Cl.Nc1cc(Br)[nH]n1. The first-order chi connectivity index (χ1) is 3.29. The lowest BCUT2D eigenvalue weighted by molar-refractivity contribution is 1.08. The smallest absolute Gasteiger partial charge is 0.146 e. The number of aromatic nitrogens is 2. The minimum Gasteiger partial charge on any atom is -0.382 e. The fraction of sp³-hybridized carbons (Fsp3) is 0. The van der Waals surface area contributed by atoms with E-state index in [0.717, 1.165) is 4.60 Å². The van der Waals surface area contributed by atoms with Crippen LogP contribution in [0.1, 0.15) is 0 Å². The van der Waals surface area contributed by atoms with E-state index >= 15 is 0 Å². The number of anilines is 1. The van der Waals surface area contributed by atoms with Crippen LogP contribution in [0.2, 0.25) is 0 Å². The number of halogens is 2. The van der Waals surface area contributed by atoms with Crippen molar-refractivity contribution in [2.24, 2.45) is 0 Å². The summed E-state index contributed by atoms with van der Waals surface area (Å²) < 4.78 is 0.810. The molecule has 0 aliphatic heterocycles. The van der Waals surface area contributed by atoms with Crippen LogP contribution in [0.3, 0.4) is 0 Å². The minimum absolute atomic E-state index is 0. The molecule has 1 heterocycles. The van der Waals surface area contributed by atoms with Crippen LogP contribution in [0, 0.1) is 0 Å². The average Bonchev–Trinajstić information content (AvgIpc) is 1.87. The summed E-state index contributed by atoms with van der Waals surface area (Å²) in [5, 5.41) is 6.23. The maximum Gasteiger partial charge on any atom is 0.146 e. The van der Waals surface area contributed by atoms with Gasteiger partial charge in [-0.25, -0.2) is 0 Å². The van der Waals surface area contributed by atoms with Gasteiger partial charge in [-0.15, -0.1) is 12.4 Å². The minimum atomic E-state index is 0. The van der Waals surface area contributed by atoms with Crippen LogP contribution in [0.5, 0.6) is 0 Å². The Morgan fingerprint density at radius 3 is 2.50 bits per heavy atom. The van der Waals surface area contributed by atoms with Gasteiger partial charge in [0.25, 0.3) is 0 Å². The van der Waals surface area contributed by atoms with E-state index in [1.165, 1.54) is 0 Å². The highest BCUT2D eigenvalue weighted by molar-refractivity contribution is 9.10. The van der Waals surface area contributed by atoms with Gasteiger partial charge in [0, 0.05) is 6.07 Å². The third-order valence-corrected chi connectivity index (χ3v) is 0.973. The molecule has 5 heteroatoms. The molecule has 1 aromatic rings. The van der Waals surface area contributed by atoms with E-state index in [1.807, 2.05) is 0 Å². The van der Waals surface area contributed by atoms with Crippen LogP contribution in [-0.2, 0) is 0 Å². The molecule has 0 fully saturated rings. The summed E-state index contributed by atoms with van der Waals surface area (Å²) in [5.41, 5.74) is 5.21. The molecule has 8 heavy (non-hydrogen) atoms. The summed E-state index contributed by atoms with van der Waals surface area (Å²) in [6.07, 6.45) is 0. The van der Waals surface area contributed by atoms with Crippen molar-refractivity contribution in [3.8, 4) is 0 Å². The van der Waals surface area contributed by atoms with Gasteiger partial charge in [0.05, 0.1) is 0 Å². The van der Waals surface area contributed by atoms with Gasteiger partial charge in [0.2, 0.25) is 0 Å². The zero-order valence-electron chi connectivity index (χ0n) is 3.89. The quantitative estimate of drug-likeness (QED) is 0.658. The van der Waals surface area contributed by atoms with E-state index in [4.69, 9.17) is 5.73 Å². The number of hydrogen-bond donors (Lipinski definition) is 2. The predicted octanol–water partition coefficient (Wildman–Crippen LogP) is 1.18. The average molecular weight is 198 g/mol. The number of nitrogens with two attached hydrogens (primary N) is 1. The number of nitrogens with zero attached hydrogens (tertiary/aromatic N) is 1. The molecule has 46 valence electrons. The zero-order valence-corrected chi connectivity index (χ0v) is 6.29. The third kappa shape index (κ3) is 1.71. The molecule has 0 unspecified atom stereocenters. The van der Waals surface area contributed by atoms with Crippen molar-refractivity contribution in [3.05, 3.63) is 10.7 Å². The number of nitrogen functional groups attached to an aromatic ring is 1. The van der Waals surface area contributed by atoms with Crippen molar-refractivity contribution in [1.29, 1.82) is 0 Å². The lowest BCUT2D eigenvalue weighted by atomic mass is 10.7. The first-order valence-corrected chi connectivity index (χ1v) is 2.55. The molecule has 0 radical (unpaired) electrons. The topological polar surface area (TPSA) is 54.7 Å². The van der Waals surface area contributed by atoms with Crippen molar-refractivity contribution < 1.29 is 0 Å². The van der Waals surface area contributed by atoms with Crippen LogP contribution < -0.4 is 5.73 Å². The molecule has 0 aliphatic rings. The van der Waals surface area contributed by atoms with Crippen molar-refractivity contribution in [2.45, 2.75) is 0 Å². The van der Waals surface area contributed by atoms with Crippen molar-refractivity contribution in [3.63, 3.8) is 0 Å². The third-order valence-electron chi connectivity index (χ3n) is 0.566. The monoisotopic (exact) mass is 197 g/mol. The second-order valence-corrected chi connectivity index (χ2v) is 2.00. The highest BCUT2D eigenvalue weighted by Gasteiger charge is 1.87. The van der Waals surface area contributed by atoms with Gasteiger partial charge in [-0.1, -0.05) is 0 Å². The summed E-state index contributed by atoms with van der Waals surface area (Å²) in [7, 11) is 0. The van der Waals surface area contributed by atoms with E-state index in [2.05, 4.69) is 26.1 Å². The second-order valence-electron chi connectivity index (χ2n) is 1.14. The first-order valence-electron chi connectivity index (χ1n) is 1.75. The van der Waals surface area contributed by atoms with Gasteiger partial charge in [-0.2, -0.15) is 5.10 Å². The Labute approximate surface area is 61.2 Å².